The van der Waals surface area contributed by atoms with Crippen LogP contribution in [-0.4, -0.2) is 27.5 Å². The molecule has 0 aromatic heterocycles. The van der Waals surface area contributed by atoms with Crippen LogP contribution in [0, 0.1) is 11.3 Å². The van der Waals surface area contributed by atoms with Gasteiger partial charge in [-0.05, 0) is 59.7 Å². The quantitative estimate of drug-likeness (QED) is 0.560. The molecule has 0 saturated carbocycles. The van der Waals surface area contributed by atoms with Crippen molar-refractivity contribution >= 4 is 45.9 Å². The third kappa shape index (κ3) is 4.83. The fraction of sp³-hybridized carbons (Fsp3) is 0.0870. The second-order valence-electron chi connectivity index (χ2n) is 6.99. The monoisotopic (exact) mass is 482 g/mol. The average molecular weight is 483 g/mol. The van der Waals surface area contributed by atoms with Crippen molar-refractivity contribution in [2.75, 3.05) is 6.54 Å². The first-order valence-corrected chi connectivity index (χ1v) is 11.4. The van der Waals surface area contributed by atoms with Crippen molar-refractivity contribution in [2.45, 2.75) is 10.8 Å². The molecule has 3 aromatic rings. The number of hydrazone groups is 1. The Morgan fingerprint density at radius 3 is 2.38 bits per heavy atom. The molecule has 2 atom stereocenters. The van der Waals surface area contributed by atoms with Crippen LogP contribution < -0.4 is 4.72 Å². The van der Waals surface area contributed by atoms with Crippen molar-refractivity contribution in [1.29, 1.82) is 5.26 Å². The Labute approximate surface area is 197 Å². The summed E-state index contributed by atoms with van der Waals surface area (Å²) in [6, 6.07) is 22.3. The van der Waals surface area contributed by atoms with Crippen LogP contribution in [0.3, 0.4) is 0 Å². The lowest BCUT2D eigenvalue weighted by molar-refractivity contribution is 0.210. The Hall–Kier alpha value is -3.18. The molecule has 9 heteroatoms. The van der Waals surface area contributed by atoms with E-state index >= 15 is 0 Å². The molecular weight excluding hydrogens is 467 g/mol. The lowest BCUT2D eigenvalue weighted by atomic mass is 9.90. The smallest absolute Gasteiger partial charge is 0.251 e. The maximum absolute atomic E-state index is 12.8. The average Bonchev–Trinajstić information content (AvgIpc) is 3.26. The molecule has 32 heavy (non-hydrogen) atoms. The number of halogens is 2. The van der Waals surface area contributed by atoms with Gasteiger partial charge in [0.25, 0.3) is 0 Å². The van der Waals surface area contributed by atoms with Crippen LogP contribution in [0.25, 0.3) is 0 Å². The summed E-state index contributed by atoms with van der Waals surface area (Å²) < 4.78 is 15.0. The predicted octanol–water partition coefficient (Wildman–Crippen LogP) is 5.10. The zero-order chi connectivity index (χ0) is 22.7. The Morgan fingerprint density at radius 2 is 1.72 bits per heavy atom. The van der Waals surface area contributed by atoms with Crippen molar-refractivity contribution in [3.05, 3.63) is 99.5 Å². The number of nitrogens with one attached hydrogen (secondary N) is 1. The zero-order valence-corrected chi connectivity index (χ0v) is 18.9. The minimum absolute atomic E-state index is 0.233. The number of amides is 2. The number of nitriles is 1. The first kappa shape index (κ1) is 22.0. The van der Waals surface area contributed by atoms with Gasteiger partial charge in [-0.25, -0.2) is 14.0 Å². The summed E-state index contributed by atoms with van der Waals surface area (Å²) in [6.45, 7) is 0.233. The summed E-state index contributed by atoms with van der Waals surface area (Å²) in [6.07, 6.45) is 0. The second-order valence-corrected chi connectivity index (χ2v) is 9.08. The molecule has 4 rings (SSSR count). The Bertz CT molecular complexity index is 1250. The molecule has 0 aliphatic carbocycles. The second kappa shape index (κ2) is 9.53. The summed E-state index contributed by atoms with van der Waals surface area (Å²) in [5.41, 5.74) is 2.83. The summed E-state index contributed by atoms with van der Waals surface area (Å²) in [5, 5.41) is 16.1. The maximum Gasteiger partial charge on any atom is 0.349 e. The number of hydrogen-bond donors (Lipinski definition) is 1. The molecule has 3 aromatic carbocycles. The van der Waals surface area contributed by atoms with Crippen LogP contribution in [0.15, 0.2) is 82.8 Å². The first-order chi connectivity index (χ1) is 15.4. The molecule has 0 saturated heterocycles. The number of nitrogens with zero attached hydrogens (tertiary/aromatic N) is 3. The van der Waals surface area contributed by atoms with Gasteiger partial charge in [0, 0.05) is 16.0 Å². The topological polar surface area (TPSA) is 85.6 Å². The van der Waals surface area contributed by atoms with Gasteiger partial charge in [0.15, 0.2) is 11.0 Å². The van der Waals surface area contributed by atoms with E-state index in [9.17, 15) is 14.3 Å². The van der Waals surface area contributed by atoms with Gasteiger partial charge in [0.05, 0.1) is 28.8 Å². The Kier molecular flexibility index (Phi) is 6.56. The number of hydrogen-bond acceptors (Lipinski definition) is 4. The van der Waals surface area contributed by atoms with E-state index in [-0.39, 0.29) is 12.5 Å². The highest BCUT2D eigenvalue weighted by Crippen LogP contribution is 2.30. The minimum atomic E-state index is -1.77. The van der Waals surface area contributed by atoms with Crippen LogP contribution in [0.5, 0.6) is 0 Å². The van der Waals surface area contributed by atoms with E-state index in [2.05, 4.69) is 15.9 Å². The first-order valence-electron chi connectivity index (χ1n) is 9.54. The summed E-state index contributed by atoms with van der Waals surface area (Å²) in [4.78, 5) is 13.3. The lowest BCUT2D eigenvalue weighted by Gasteiger charge is -2.16. The van der Waals surface area contributed by atoms with Gasteiger partial charge >= 0.3 is 6.03 Å². The molecule has 160 valence electrons. The maximum atomic E-state index is 12.8. The zero-order valence-electron chi connectivity index (χ0n) is 16.5. The van der Waals surface area contributed by atoms with E-state index in [1.165, 1.54) is 5.01 Å². The molecule has 0 radical (unpaired) electrons. The van der Waals surface area contributed by atoms with Crippen LogP contribution in [0.4, 0.5) is 4.79 Å². The summed E-state index contributed by atoms with van der Waals surface area (Å²) in [7, 11) is -1.77. The predicted molar refractivity (Wildman–Crippen MR) is 125 cm³/mol. The van der Waals surface area contributed by atoms with E-state index in [0.29, 0.717) is 26.2 Å². The van der Waals surface area contributed by atoms with Gasteiger partial charge in [0.2, 0.25) is 0 Å². The standard InChI is InChI=1S/C23H16Cl2N4O2S/c24-18-6-4-16(5-7-18)22-21(17-3-1-2-15(12-17)13-26)14-29(27-22)23(30)28-32(31)20-10-8-19(25)9-11-20/h1-12,21H,14H2,(H,28,30). The largest absolute Gasteiger partial charge is 0.349 e. The molecule has 1 aliphatic heterocycles. The van der Waals surface area contributed by atoms with Crippen molar-refractivity contribution in [1.82, 2.24) is 9.73 Å². The number of carbonyl (C=O) groups excluding carboxylic acids is 1. The van der Waals surface area contributed by atoms with Crippen molar-refractivity contribution < 1.29 is 9.00 Å². The third-order valence-corrected chi connectivity index (χ3v) is 6.48. The molecule has 1 N–H and O–H groups in total. The van der Waals surface area contributed by atoms with Crippen LogP contribution in [0.2, 0.25) is 10.0 Å². The number of urea groups is 1. The van der Waals surface area contributed by atoms with Gasteiger partial charge in [-0.3, -0.25) is 4.72 Å². The molecule has 2 unspecified atom stereocenters. The van der Waals surface area contributed by atoms with Crippen LogP contribution in [-0.2, 0) is 11.0 Å². The summed E-state index contributed by atoms with van der Waals surface area (Å²) >= 11 is 11.9. The molecule has 1 heterocycles. The van der Waals surface area contributed by atoms with Gasteiger partial charge in [0.1, 0.15) is 0 Å². The molecule has 1 aliphatic rings. The molecule has 0 spiro atoms. The highest BCUT2D eigenvalue weighted by atomic mass is 35.5. The minimum Gasteiger partial charge on any atom is -0.251 e. The van der Waals surface area contributed by atoms with Crippen molar-refractivity contribution in [3.8, 4) is 6.07 Å². The van der Waals surface area contributed by atoms with E-state index in [4.69, 9.17) is 23.2 Å². The normalized spacial score (nSPS) is 16.2. The lowest BCUT2D eigenvalue weighted by Crippen LogP contribution is -2.37. The van der Waals surface area contributed by atoms with Gasteiger partial charge in [-0.2, -0.15) is 10.4 Å². The number of carbonyl (C=O) groups is 1. The van der Waals surface area contributed by atoms with Crippen LogP contribution in [0.1, 0.15) is 22.6 Å². The fourth-order valence-electron chi connectivity index (χ4n) is 3.35. The number of rotatable bonds is 4. The Balaban J connectivity index is 1.62. The highest BCUT2D eigenvalue weighted by Gasteiger charge is 2.33. The van der Waals surface area contributed by atoms with E-state index in [1.807, 2.05) is 18.2 Å². The Morgan fingerprint density at radius 1 is 1.06 bits per heavy atom. The molecule has 6 nitrogen and oxygen atoms in total. The highest BCUT2D eigenvalue weighted by molar-refractivity contribution is 7.83. The number of benzene rings is 3. The van der Waals surface area contributed by atoms with Gasteiger partial charge in [-0.15, -0.1) is 0 Å². The van der Waals surface area contributed by atoms with Gasteiger partial charge in [-0.1, -0.05) is 47.5 Å². The molecular formula is C23H16Cl2N4O2S. The van der Waals surface area contributed by atoms with Crippen LogP contribution >= 0.6 is 23.2 Å². The van der Waals surface area contributed by atoms with E-state index < -0.39 is 17.0 Å². The SMILES string of the molecule is N#Cc1cccc(C2CN(C(=O)NS(=O)c3ccc(Cl)cc3)N=C2c2ccc(Cl)cc2)c1. The van der Waals surface area contributed by atoms with Gasteiger partial charge < -0.3 is 0 Å². The van der Waals surface area contributed by atoms with Crippen molar-refractivity contribution in [3.63, 3.8) is 0 Å². The molecule has 0 bridgehead atoms. The van der Waals surface area contributed by atoms with E-state index in [1.54, 1.807) is 54.6 Å². The van der Waals surface area contributed by atoms with Crippen molar-refractivity contribution in [2.24, 2.45) is 5.10 Å². The molecule has 2 amide bonds. The van der Waals surface area contributed by atoms with E-state index in [0.717, 1.165) is 11.1 Å². The third-order valence-electron chi connectivity index (χ3n) is 4.91. The fourth-order valence-corrected chi connectivity index (χ4v) is 4.36. The summed E-state index contributed by atoms with van der Waals surface area (Å²) in [5.74, 6) is -0.265. The molecule has 0 fully saturated rings.